The van der Waals surface area contributed by atoms with Crippen molar-refractivity contribution in [2.75, 3.05) is 10.6 Å². The second-order valence-corrected chi connectivity index (χ2v) is 12.6. The van der Waals surface area contributed by atoms with Gasteiger partial charge >= 0.3 is 0 Å². The molecule has 1 unspecified atom stereocenters. The molecular formula is C40H37N3O4S. The van der Waals surface area contributed by atoms with Crippen LogP contribution in [0.3, 0.4) is 0 Å². The summed E-state index contributed by atoms with van der Waals surface area (Å²) in [6.45, 7) is 6.21. The lowest BCUT2D eigenvalue weighted by Crippen LogP contribution is -2.30. The van der Waals surface area contributed by atoms with Crippen molar-refractivity contribution >= 4 is 46.9 Å². The Morgan fingerprint density at radius 1 is 0.750 bits per heavy atom. The molecular weight excluding hydrogens is 619 g/mol. The van der Waals surface area contributed by atoms with Crippen LogP contribution < -0.4 is 20.7 Å². The number of aryl methyl sites for hydroxylation is 2. The summed E-state index contributed by atoms with van der Waals surface area (Å²) < 4.78 is 5.90. The van der Waals surface area contributed by atoms with Gasteiger partial charge in [-0.2, -0.15) is 0 Å². The van der Waals surface area contributed by atoms with E-state index in [1.54, 1.807) is 42.5 Å². The van der Waals surface area contributed by atoms with Crippen molar-refractivity contribution in [2.24, 2.45) is 0 Å². The van der Waals surface area contributed by atoms with Crippen LogP contribution in [0.15, 0.2) is 138 Å². The standard InChI is InChI=1S/C40H37N3O4S/c1-27-12-10-13-28(2)37(27)43-38(44)29(3)48-35-19-11-18-33(25-35)41-40(46)36(42-39(45)32-16-8-5-9-17-32)24-30-20-22-34(23-21-30)47-26-31-14-6-4-7-15-31/h4-25,29H,26H2,1-3H3,(H,41,46)(H,42,45)(H,43,44)/b36-24+. The minimum Gasteiger partial charge on any atom is -0.489 e. The summed E-state index contributed by atoms with van der Waals surface area (Å²) in [5.41, 5.74) is 5.60. The van der Waals surface area contributed by atoms with Crippen molar-refractivity contribution in [1.29, 1.82) is 0 Å². The summed E-state index contributed by atoms with van der Waals surface area (Å²) in [4.78, 5) is 40.6. The summed E-state index contributed by atoms with van der Waals surface area (Å²) in [6.07, 6.45) is 1.62. The van der Waals surface area contributed by atoms with Gasteiger partial charge in [-0.05, 0) is 91.6 Å². The highest BCUT2D eigenvalue weighted by molar-refractivity contribution is 8.00. The predicted octanol–water partition coefficient (Wildman–Crippen LogP) is 8.41. The van der Waals surface area contributed by atoms with Gasteiger partial charge in [-0.15, -0.1) is 11.8 Å². The molecule has 3 amide bonds. The predicted molar refractivity (Wildman–Crippen MR) is 194 cm³/mol. The second kappa shape index (κ2) is 16.3. The van der Waals surface area contributed by atoms with E-state index in [2.05, 4.69) is 16.0 Å². The molecule has 0 fully saturated rings. The number of para-hydroxylation sites is 1. The summed E-state index contributed by atoms with van der Waals surface area (Å²) in [5, 5.41) is 8.34. The van der Waals surface area contributed by atoms with E-state index < -0.39 is 17.1 Å². The lowest BCUT2D eigenvalue weighted by molar-refractivity contribution is -0.115. The highest BCUT2D eigenvalue weighted by Gasteiger charge is 2.18. The Kier molecular flexibility index (Phi) is 11.5. The number of carbonyl (C=O) groups is 3. The minimum atomic E-state index is -0.494. The molecule has 0 saturated carbocycles. The first-order chi connectivity index (χ1) is 23.2. The van der Waals surface area contributed by atoms with E-state index in [4.69, 9.17) is 4.74 Å². The van der Waals surface area contributed by atoms with E-state index in [1.807, 2.05) is 112 Å². The summed E-state index contributed by atoms with van der Waals surface area (Å²) >= 11 is 1.39. The SMILES string of the molecule is Cc1cccc(C)c1NC(=O)C(C)Sc1cccc(NC(=O)/C(=C\c2ccc(OCc3ccccc3)cc2)NC(=O)c2ccccc2)c1. The number of thioether (sulfide) groups is 1. The third-order valence-corrected chi connectivity index (χ3v) is 8.57. The van der Waals surface area contributed by atoms with Crippen molar-refractivity contribution in [3.8, 4) is 5.75 Å². The van der Waals surface area contributed by atoms with Gasteiger partial charge in [0.1, 0.15) is 18.1 Å². The van der Waals surface area contributed by atoms with E-state index in [-0.39, 0.29) is 11.6 Å². The van der Waals surface area contributed by atoms with Crippen molar-refractivity contribution in [3.05, 3.63) is 161 Å². The Morgan fingerprint density at radius 2 is 1.40 bits per heavy atom. The maximum Gasteiger partial charge on any atom is 0.272 e. The highest BCUT2D eigenvalue weighted by atomic mass is 32.2. The molecule has 7 nitrogen and oxygen atoms in total. The zero-order valence-electron chi connectivity index (χ0n) is 27.0. The minimum absolute atomic E-state index is 0.0706. The number of rotatable bonds is 12. The number of ether oxygens (including phenoxy) is 1. The number of amides is 3. The molecule has 0 heterocycles. The Morgan fingerprint density at radius 3 is 2.08 bits per heavy atom. The quantitative estimate of drug-likeness (QED) is 0.0927. The molecule has 1 atom stereocenters. The molecule has 5 aromatic carbocycles. The van der Waals surface area contributed by atoms with Crippen LogP contribution in [0.2, 0.25) is 0 Å². The van der Waals surface area contributed by atoms with Crippen LogP contribution in [0.25, 0.3) is 6.08 Å². The van der Waals surface area contributed by atoms with Gasteiger partial charge < -0.3 is 20.7 Å². The summed E-state index contributed by atoms with van der Waals surface area (Å²) in [6, 6.07) is 39.0. The molecule has 0 aliphatic carbocycles. The van der Waals surface area contributed by atoms with E-state index >= 15 is 0 Å². The van der Waals surface area contributed by atoms with Crippen molar-refractivity contribution in [1.82, 2.24) is 5.32 Å². The molecule has 242 valence electrons. The Balaban J connectivity index is 1.29. The second-order valence-electron chi connectivity index (χ2n) is 11.2. The van der Waals surface area contributed by atoms with E-state index in [1.165, 1.54) is 11.8 Å². The van der Waals surface area contributed by atoms with Gasteiger partial charge in [-0.1, -0.05) is 84.9 Å². The lowest BCUT2D eigenvalue weighted by Gasteiger charge is -2.16. The number of carbonyl (C=O) groups excluding carboxylic acids is 3. The van der Waals surface area contributed by atoms with Crippen LogP contribution in [-0.2, 0) is 16.2 Å². The fourth-order valence-electron chi connectivity index (χ4n) is 4.85. The smallest absolute Gasteiger partial charge is 0.272 e. The topological polar surface area (TPSA) is 96.5 Å². The van der Waals surface area contributed by atoms with Crippen molar-refractivity contribution in [3.63, 3.8) is 0 Å². The van der Waals surface area contributed by atoms with Gasteiger partial charge in [-0.3, -0.25) is 14.4 Å². The Bertz CT molecular complexity index is 1890. The number of anilines is 2. The molecule has 3 N–H and O–H groups in total. The number of benzene rings is 5. The average Bonchev–Trinajstić information content (AvgIpc) is 3.10. The lowest BCUT2D eigenvalue weighted by atomic mass is 10.1. The zero-order chi connectivity index (χ0) is 33.9. The fourth-order valence-corrected chi connectivity index (χ4v) is 5.78. The van der Waals surface area contributed by atoms with Crippen LogP contribution >= 0.6 is 11.8 Å². The van der Waals surface area contributed by atoms with E-state index in [0.29, 0.717) is 29.2 Å². The van der Waals surface area contributed by atoms with Crippen LogP contribution in [0, 0.1) is 13.8 Å². The Hall–Kier alpha value is -5.60. The van der Waals surface area contributed by atoms with E-state index in [9.17, 15) is 14.4 Å². The van der Waals surface area contributed by atoms with Crippen LogP contribution in [0.5, 0.6) is 5.75 Å². The zero-order valence-corrected chi connectivity index (χ0v) is 27.8. The van der Waals surface area contributed by atoms with Crippen LogP contribution in [0.1, 0.15) is 39.5 Å². The number of hydrogen-bond donors (Lipinski definition) is 3. The maximum absolute atomic E-state index is 13.6. The van der Waals surface area contributed by atoms with Crippen LogP contribution in [-0.4, -0.2) is 23.0 Å². The number of hydrogen-bond acceptors (Lipinski definition) is 5. The van der Waals surface area contributed by atoms with E-state index in [0.717, 1.165) is 27.3 Å². The first-order valence-corrected chi connectivity index (χ1v) is 16.4. The van der Waals surface area contributed by atoms with Gasteiger partial charge in [0.25, 0.3) is 11.8 Å². The summed E-state index contributed by atoms with van der Waals surface area (Å²) in [5.74, 6) is -0.335. The van der Waals surface area contributed by atoms with Crippen molar-refractivity contribution in [2.45, 2.75) is 37.5 Å². The number of nitrogens with one attached hydrogen (secondary N) is 3. The third-order valence-electron chi connectivity index (χ3n) is 7.47. The molecule has 0 saturated heterocycles. The normalized spacial score (nSPS) is 11.7. The molecule has 5 rings (SSSR count). The molecule has 0 aliphatic heterocycles. The molecule has 5 aromatic rings. The highest BCUT2D eigenvalue weighted by Crippen LogP contribution is 2.28. The first-order valence-electron chi connectivity index (χ1n) is 15.6. The fraction of sp³-hybridized carbons (Fsp3) is 0.125. The maximum atomic E-state index is 13.6. The first kappa shape index (κ1) is 33.8. The summed E-state index contributed by atoms with van der Waals surface area (Å²) in [7, 11) is 0. The monoisotopic (exact) mass is 655 g/mol. The molecule has 8 heteroatoms. The molecule has 0 bridgehead atoms. The molecule has 0 radical (unpaired) electrons. The molecule has 0 spiro atoms. The Labute approximate surface area is 285 Å². The molecule has 0 aromatic heterocycles. The average molecular weight is 656 g/mol. The van der Waals surface area contributed by atoms with Gasteiger partial charge in [0.2, 0.25) is 5.91 Å². The molecule has 0 aliphatic rings. The van der Waals surface area contributed by atoms with Gasteiger partial charge in [0, 0.05) is 21.8 Å². The largest absolute Gasteiger partial charge is 0.489 e. The third kappa shape index (κ3) is 9.47. The van der Waals surface area contributed by atoms with Crippen molar-refractivity contribution < 1.29 is 19.1 Å². The molecule has 48 heavy (non-hydrogen) atoms. The van der Waals surface area contributed by atoms with Gasteiger partial charge in [0.05, 0.1) is 5.25 Å². The van der Waals surface area contributed by atoms with Gasteiger partial charge in [0.15, 0.2) is 0 Å². The van der Waals surface area contributed by atoms with Crippen LogP contribution in [0.4, 0.5) is 11.4 Å². The van der Waals surface area contributed by atoms with Gasteiger partial charge in [-0.25, -0.2) is 0 Å².